The third-order valence-electron chi connectivity index (χ3n) is 7.99. The van der Waals surface area contributed by atoms with Crippen LogP contribution in [0.25, 0.3) is 10.9 Å². The van der Waals surface area contributed by atoms with E-state index in [1.54, 1.807) is 31.4 Å². The number of hydrogen-bond donors (Lipinski definition) is 1. The summed E-state index contributed by atoms with van der Waals surface area (Å²) < 4.78 is 17.9. The maximum absolute atomic E-state index is 13.9. The minimum absolute atomic E-state index is 0.0303. The number of amides is 2. The van der Waals surface area contributed by atoms with Crippen molar-refractivity contribution in [1.82, 2.24) is 14.5 Å². The third kappa shape index (κ3) is 6.56. The number of benzene rings is 3. The number of aromatic nitrogens is 2. The fourth-order valence-corrected chi connectivity index (χ4v) is 6.55. The van der Waals surface area contributed by atoms with E-state index < -0.39 is 5.25 Å². The highest BCUT2D eigenvalue weighted by Crippen LogP contribution is 2.36. The predicted molar refractivity (Wildman–Crippen MR) is 174 cm³/mol. The zero-order chi connectivity index (χ0) is 31.3. The van der Waals surface area contributed by atoms with E-state index >= 15 is 0 Å². The molecule has 234 valence electrons. The number of methoxy groups -OCH3 is 1. The number of nitrogens with zero attached hydrogens (tertiary/aromatic N) is 4. The topological polar surface area (TPSA) is 115 Å². The van der Waals surface area contributed by atoms with Gasteiger partial charge < -0.3 is 29.3 Å². The Labute approximate surface area is 265 Å². The Hall–Kier alpha value is -4.71. The molecule has 1 saturated heterocycles. The van der Waals surface area contributed by atoms with Crippen molar-refractivity contribution in [3.63, 3.8) is 0 Å². The molecule has 0 spiro atoms. The van der Waals surface area contributed by atoms with Gasteiger partial charge in [-0.3, -0.25) is 19.0 Å². The van der Waals surface area contributed by atoms with E-state index in [1.165, 1.54) is 16.3 Å². The molecule has 2 amide bonds. The van der Waals surface area contributed by atoms with E-state index in [2.05, 4.69) is 22.3 Å². The summed E-state index contributed by atoms with van der Waals surface area (Å²) in [7, 11) is 1.55. The van der Waals surface area contributed by atoms with Crippen molar-refractivity contribution in [3.8, 4) is 17.2 Å². The normalized spacial score (nSPS) is 14.8. The molecule has 0 saturated carbocycles. The fraction of sp³-hybridized carbons (Fsp3) is 0.333. The SMILES string of the molecule is CC[C@H](Sc1nc2cc3c(cc2c(=O)n1CCC(=O)N1CCN(c2ccccc2)CC1)OCO3)C(=O)Nc1ccccc1OC. The zero-order valence-electron chi connectivity index (χ0n) is 25.2. The molecule has 4 aromatic rings. The van der Waals surface area contributed by atoms with Gasteiger partial charge in [0.2, 0.25) is 18.6 Å². The first-order valence-electron chi connectivity index (χ1n) is 15.0. The second-order valence-electron chi connectivity index (χ2n) is 10.7. The number of anilines is 2. The Morgan fingerprint density at radius 2 is 1.71 bits per heavy atom. The highest BCUT2D eigenvalue weighted by molar-refractivity contribution is 8.00. The summed E-state index contributed by atoms with van der Waals surface area (Å²) >= 11 is 1.20. The average Bonchev–Trinajstić information content (AvgIpc) is 3.54. The standard InChI is InChI=1S/C33H35N5O6S/c1-3-29(31(40)34-24-11-7-8-12-26(24)42-2)45-33-35-25-20-28-27(43-21-44-28)19-23(25)32(41)38(33)14-13-30(39)37-17-15-36(16-18-37)22-9-5-4-6-10-22/h4-12,19-20,29H,3,13-18,21H2,1-2H3,(H,34,40)/t29-/m0/s1. The van der Waals surface area contributed by atoms with Crippen LogP contribution in [0.4, 0.5) is 11.4 Å². The Morgan fingerprint density at radius 3 is 2.44 bits per heavy atom. The Bertz CT molecular complexity index is 1760. The van der Waals surface area contributed by atoms with Gasteiger partial charge in [0.05, 0.1) is 29.0 Å². The highest BCUT2D eigenvalue weighted by Gasteiger charge is 2.26. The molecule has 1 atom stereocenters. The lowest BCUT2D eigenvalue weighted by Crippen LogP contribution is -2.49. The van der Waals surface area contributed by atoms with Crippen molar-refractivity contribution in [2.45, 2.75) is 36.7 Å². The molecule has 1 aromatic heterocycles. The molecule has 0 bridgehead atoms. The molecular weight excluding hydrogens is 594 g/mol. The number of rotatable bonds is 10. The fourth-order valence-electron chi connectivity index (χ4n) is 5.51. The van der Waals surface area contributed by atoms with Crippen molar-refractivity contribution in [2.24, 2.45) is 0 Å². The molecule has 6 rings (SSSR count). The largest absolute Gasteiger partial charge is 0.495 e. The van der Waals surface area contributed by atoms with E-state index in [0.717, 1.165) is 18.8 Å². The molecule has 1 N–H and O–H groups in total. The van der Waals surface area contributed by atoms with Gasteiger partial charge in [-0.2, -0.15) is 0 Å². The van der Waals surface area contributed by atoms with Crippen LogP contribution in [0.15, 0.2) is 76.7 Å². The van der Waals surface area contributed by atoms with E-state index in [4.69, 9.17) is 19.2 Å². The van der Waals surface area contributed by atoms with Gasteiger partial charge in [-0.05, 0) is 36.8 Å². The van der Waals surface area contributed by atoms with Crippen LogP contribution in [0.5, 0.6) is 17.2 Å². The van der Waals surface area contributed by atoms with Crippen LogP contribution in [-0.2, 0) is 16.1 Å². The smallest absolute Gasteiger partial charge is 0.262 e. The summed E-state index contributed by atoms with van der Waals surface area (Å²) in [4.78, 5) is 49.6. The molecule has 0 aliphatic carbocycles. The van der Waals surface area contributed by atoms with E-state index in [9.17, 15) is 14.4 Å². The van der Waals surface area contributed by atoms with Gasteiger partial charge in [0.25, 0.3) is 5.56 Å². The van der Waals surface area contributed by atoms with Crippen LogP contribution in [0.3, 0.4) is 0 Å². The van der Waals surface area contributed by atoms with Crippen molar-refractivity contribution >= 4 is 45.9 Å². The number of hydrogen-bond acceptors (Lipinski definition) is 9. The molecule has 45 heavy (non-hydrogen) atoms. The molecule has 3 heterocycles. The maximum atomic E-state index is 13.9. The summed E-state index contributed by atoms with van der Waals surface area (Å²) in [5.41, 5.74) is 1.83. The Morgan fingerprint density at radius 1 is 1.00 bits per heavy atom. The van der Waals surface area contributed by atoms with E-state index in [1.807, 2.05) is 42.2 Å². The lowest BCUT2D eigenvalue weighted by atomic mass is 10.2. The van der Waals surface area contributed by atoms with Gasteiger partial charge in [0, 0.05) is 50.9 Å². The number of fused-ring (bicyclic) bond motifs is 2. The van der Waals surface area contributed by atoms with Crippen LogP contribution in [0.1, 0.15) is 19.8 Å². The molecule has 0 radical (unpaired) electrons. The molecule has 2 aliphatic heterocycles. The van der Waals surface area contributed by atoms with E-state index in [-0.39, 0.29) is 37.1 Å². The van der Waals surface area contributed by atoms with Gasteiger partial charge in [-0.15, -0.1) is 0 Å². The number of carbonyl (C=O) groups is 2. The molecule has 1 fully saturated rings. The molecule has 12 heteroatoms. The number of thioether (sulfide) groups is 1. The summed E-state index contributed by atoms with van der Waals surface area (Å²) in [5.74, 6) is 1.26. The van der Waals surface area contributed by atoms with Gasteiger partial charge in [-0.25, -0.2) is 4.98 Å². The van der Waals surface area contributed by atoms with Crippen LogP contribution >= 0.6 is 11.8 Å². The van der Waals surface area contributed by atoms with Crippen molar-refractivity contribution < 1.29 is 23.8 Å². The van der Waals surface area contributed by atoms with Crippen LogP contribution < -0.4 is 30.0 Å². The quantitative estimate of drug-likeness (QED) is 0.202. The summed E-state index contributed by atoms with van der Waals surface area (Å²) in [5, 5.41) is 3.09. The molecular formula is C33H35N5O6S. The zero-order valence-corrected chi connectivity index (χ0v) is 26.0. The number of nitrogens with one attached hydrogen (secondary N) is 1. The number of carbonyl (C=O) groups excluding carboxylic acids is 2. The minimum Gasteiger partial charge on any atom is -0.495 e. The lowest BCUT2D eigenvalue weighted by Gasteiger charge is -2.36. The number of ether oxygens (including phenoxy) is 3. The number of piperazine rings is 1. The van der Waals surface area contributed by atoms with Gasteiger partial charge in [-0.1, -0.05) is 49.0 Å². The first-order chi connectivity index (χ1) is 21.9. The molecule has 2 aliphatic rings. The van der Waals surface area contributed by atoms with Gasteiger partial charge >= 0.3 is 0 Å². The monoisotopic (exact) mass is 629 g/mol. The Kier molecular flexibility index (Phi) is 9.11. The first kappa shape index (κ1) is 30.3. The summed E-state index contributed by atoms with van der Waals surface area (Å²) in [6.07, 6.45) is 0.603. The summed E-state index contributed by atoms with van der Waals surface area (Å²) in [6.45, 7) is 4.77. The molecule has 3 aromatic carbocycles. The van der Waals surface area contributed by atoms with Crippen molar-refractivity contribution in [3.05, 3.63) is 77.1 Å². The number of para-hydroxylation sites is 3. The molecule has 11 nitrogen and oxygen atoms in total. The summed E-state index contributed by atoms with van der Waals surface area (Å²) in [6, 6.07) is 20.7. The van der Waals surface area contributed by atoms with Crippen LogP contribution in [0.2, 0.25) is 0 Å². The maximum Gasteiger partial charge on any atom is 0.262 e. The lowest BCUT2D eigenvalue weighted by molar-refractivity contribution is -0.131. The van der Waals surface area contributed by atoms with Gasteiger partial charge in [0.1, 0.15) is 5.75 Å². The van der Waals surface area contributed by atoms with Crippen LogP contribution in [0, 0.1) is 0 Å². The first-order valence-corrected chi connectivity index (χ1v) is 15.9. The predicted octanol–water partition coefficient (Wildman–Crippen LogP) is 4.38. The third-order valence-corrected chi connectivity index (χ3v) is 9.35. The second kappa shape index (κ2) is 13.5. The van der Waals surface area contributed by atoms with Crippen molar-refractivity contribution in [1.29, 1.82) is 0 Å². The minimum atomic E-state index is -0.568. The van der Waals surface area contributed by atoms with E-state index in [0.29, 0.717) is 58.5 Å². The highest BCUT2D eigenvalue weighted by atomic mass is 32.2. The second-order valence-corrected chi connectivity index (χ2v) is 11.9. The Balaban J connectivity index is 1.23. The van der Waals surface area contributed by atoms with Crippen molar-refractivity contribution in [2.75, 3.05) is 50.3 Å². The average molecular weight is 630 g/mol. The molecule has 0 unspecified atom stereocenters. The van der Waals surface area contributed by atoms with Crippen LogP contribution in [-0.4, -0.2) is 71.6 Å². The van der Waals surface area contributed by atoms with Gasteiger partial charge in [0.15, 0.2) is 16.7 Å².